The van der Waals surface area contributed by atoms with Crippen molar-refractivity contribution in [1.29, 1.82) is 0 Å². The second-order valence-electron chi connectivity index (χ2n) is 5.56. The van der Waals surface area contributed by atoms with Crippen LogP contribution >= 0.6 is 0 Å². The van der Waals surface area contributed by atoms with E-state index in [4.69, 9.17) is 9.15 Å². The van der Waals surface area contributed by atoms with E-state index >= 15 is 0 Å². The van der Waals surface area contributed by atoms with E-state index in [1.165, 1.54) is 0 Å². The maximum atomic E-state index is 5.56. The highest BCUT2D eigenvalue weighted by Gasteiger charge is 2.21. The molecule has 0 saturated carbocycles. The van der Waals surface area contributed by atoms with E-state index in [-0.39, 0.29) is 0 Å². The Bertz CT molecular complexity index is 637. The molecule has 0 unspecified atom stereocenters. The number of aryl methyl sites for hydroxylation is 2. The largest absolute Gasteiger partial charge is 0.423 e. The molecule has 0 bridgehead atoms. The van der Waals surface area contributed by atoms with Crippen LogP contribution in [0, 0.1) is 6.92 Å². The molecular weight excluding hydrogens is 282 g/mol. The third-order valence-corrected chi connectivity index (χ3v) is 3.77. The average Bonchev–Trinajstić information content (AvgIpc) is 3.18. The van der Waals surface area contributed by atoms with Gasteiger partial charge in [0.05, 0.1) is 18.8 Å². The van der Waals surface area contributed by atoms with Crippen LogP contribution in [0.1, 0.15) is 42.6 Å². The van der Waals surface area contributed by atoms with Gasteiger partial charge in [-0.05, 0) is 13.3 Å². The minimum Gasteiger partial charge on any atom is -0.423 e. The van der Waals surface area contributed by atoms with Crippen molar-refractivity contribution in [2.75, 3.05) is 25.2 Å². The van der Waals surface area contributed by atoms with E-state index in [0.29, 0.717) is 24.2 Å². The lowest BCUT2D eigenvalue weighted by molar-refractivity contribution is 0.193. The molecular formula is C15H21N5O2. The Kier molecular flexibility index (Phi) is 4.33. The summed E-state index contributed by atoms with van der Waals surface area (Å²) < 4.78 is 11.0. The predicted octanol–water partition coefficient (Wildman–Crippen LogP) is 1.87. The van der Waals surface area contributed by atoms with Gasteiger partial charge in [-0.25, -0.2) is 9.97 Å². The topological polar surface area (TPSA) is 77.2 Å². The van der Waals surface area contributed by atoms with Gasteiger partial charge < -0.3 is 14.1 Å². The minimum absolute atomic E-state index is 0.365. The maximum absolute atomic E-state index is 5.56. The number of ether oxygens (including phenoxy) is 1. The molecule has 0 N–H and O–H groups in total. The van der Waals surface area contributed by atoms with Gasteiger partial charge in [0.2, 0.25) is 11.8 Å². The van der Waals surface area contributed by atoms with Gasteiger partial charge in [0.1, 0.15) is 11.6 Å². The standard InChI is InChI=1S/C15H21N5O2/c1-4-14-18-19-15(22-14)8-20(3)13-7-12(16-10(2)17-13)11-5-6-21-9-11/h7,11H,4-6,8-9H2,1-3H3/t11-/m1/s1. The molecule has 1 aliphatic heterocycles. The van der Waals surface area contributed by atoms with Gasteiger partial charge in [0, 0.05) is 32.1 Å². The van der Waals surface area contributed by atoms with Gasteiger partial charge in [-0.2, -0.15) is 0 Å². The van der Waals surface area contributed by atoms with Crippen molar-refractivity contribution in [3.63, 3.8) is 0 Å². The summed E-state index contributed by atoms with van der Waals surface area (Å²) in [5, 5.41) is 8.04. The fourth-order valence-corrected chi connectivity index (χ4v) is 2.53. The van der Waals surface area contributed by atoms with E-state index in [1.807, 2.05) is 31.9 Å². The molecule has 7 nitrogen and oxygen atoms in total. The van der Waals surface area contributed by atoms with Gasteiger partial charge in [-0.1, -0.05) is 6.92 Å². The molecule has 0 aliphatic carbocycles. The number of anilines is 1. The third-order valence-electron chi connectivity index (χ3n) is 3.77. The molecule has 0 radical (unpaired) electrons. The number of rotatable bonds is 5. The molecule has 3 rings (SSSR count). The van der Waals surface area contributed by atoms with Crippen molar-refractivity contribution >= 4 is 5.82 Å². The summed E-state index contributed by atoms with van der Waals surface area (Å²) in [5.74, 6) is 3.26. The van der Waals surface area contributed by atoms with Crippen LogP contribution in [0.4, 0.5) is 5.82 Å². The molecule has 0 amide bonds. The van der Waals surface area contributed by atoms with Gasteiger partial charge in [-0.3, -0.25) is 0 Å². The van der Waals surface area contributed by atoms with Gasteiger partial charge >= 0.3 is 0 Å². The van der Waals surface area contributed by atoms with Crippen molar-refractivity contribution in [2.45, 2.75) is 39.2 Å². The monoisotopic (exact) mass is 303 g/mol. The van der Waals surface area contributed by atoms with Crippen LogP contribution in [-0.2, 0) is 17.7 Å². The van der Waals surface area contributed by atoms with Crippen LogP contribution in [0.5, 0.6) is 0 Å². The third kappa shape index (κ3) is 3.24. The van der Waals surface area contributed by atoms with E-state index < -0.39 is 0 Å². The van der Waals surface area contributed by atoms with Crippen LogP contribution in [0.15, 0.2) is 10.5 Å². The SMILES string of the molecule is CCc1nnc(CN(C)c2cc([C@@H]3CCOC3)nc(C)n2)o1. The summed E-state index contributed by atoms with van der Waals surface area (Å²) in [6.07, 6.45) is 1.76. The zero-order chi connectivity index (χ0) is 15.5. The average molecular weight is 303 g/mol. The molecule has 3 heterocycles. The molecule has 2 aromatic heterocycles. The fraction of sp³-hybridized carbons (Fsp3) is 0.600. The molecule has 0 aromatic carbocycles. The highest BCUT2D eigenvalue weighted by atomic mass is 16.5. The molecule has 1 aliphatic rings. The van der Waals surface area contributed by atoms with Crippen molar-refractivity contribution in [2.24, 2.45) is 0 Å². The summed E-state index contributed by atoms with van der Waals surface area (Å²) in [6.45, 7) is 5.98. The van der Waals surface area contributed by atoms with Crippen LogP contribution in [0.25, 0.3) is 0 Å². The number of hydrogen-bond donors (Lipinski definition) is 0. The summed E-state index contributed by atoms with van der Waals surface area (Å²) in [4.78, 5) is 11.1. The van der Waals surface area contributed by atoms with E-state index in [9.17, 15) is 0 Å². The number of hydrogen-bond acceptors (Lipinski definition) is 7. The summed E-state index contributed by atoms with van der Waals surface area (Å²) in [6, 6.07) is 2.03. The minimum atomic E-state index is 0.365. The summed E-state index contributed by atoms with van der Waals surface area (Å²) in [7, 11) is 1.96. The van der Waals surface area contributed by atoms with Crippen molar-refractivity contribution in [3.8, 4) is 0 Å². The first-order valence-corrected chi connectivity index (χ1v) is 7.61. The Morgan fingerprint density at radius 3 is 2.77 bits per heavy atom. The lowest BCUT2D eigenvalue weighted by atomic mass is 10.0. The van der Waals surface area contributed by atoms with Crippen molar-refractivity contribution in [3.05, 3.63) is 29.4 Å². The fourth-order valence-electron chi connectivity index (χ4n) is 2.53. The Morgan fingerprint density at radius 2 is 2.09 bits per heavy atom. The second-order valence-corrected chi connectivity index (χ2v) is 5.56. The molecule has 1 atom stereocenters. The molecule has 0 spiro atoms. The molecule has 2 aromatic rings. The lowest BCUT2D eigenvalue weighted by Crippen LogP contribution is -2.19. The lowest BCUT2D eigenvalue weighted by Gasteiger charge is -2.18. The zero-order valence-electron chi connectivity index (χ0n) is 13.2. The normalized spacial score (nSPS) is 17.9. The number of aromatic nitrogens is 4. The highest BCUT2D eigenvalue weighted by molar-refractivity contribution is 5.39. The van der Waals surface area contributed by atoms with E-state index in [1.54, 1.807) is 0 Å². The number of nitrogens with zero attached hydrogens (tertiary/aromatic N) is 5. The van der Waals surface area contributed by atoms with Crippen LogP contribution in [0.3, 0.4) is 0 Å². The molecule has 1 saturated heterocycles. The summed E-state index contributed by atoms with van der Waals surface area (Å²) in [5.41, 5.74) is 1.05. The van der Waals surface area contributed by atoms with Crippen LogP contribution in [0.2, 0.25) is 0 Å². The molecule has 118 valence electrons. The van der Waals surface area contributed by atoms with Crippen LogP contribution < -0.4 is 4.90 Å². The molecule has 1 fully saturated rings. The first-order chi connectivity index (χ1) is 10.7. The summed E-state index contributed by atoms with van der Waals surface area (Å²) >= 11 is 0. The second kappa shape index (κ2) is 6.39. The first kappa shape index (κ1) is 14.9. The predicted molar refractivity (Wildman–Crippen MR) is 80.7 cm³/mol. The maximum Gasteiger partial charge on any atom is 0.235 e. The quantitative estimate of drug-likeness (QED) is 0.834. The van der Waals surface area contributed by atoms with Crippen LogP contribution in [-0.4, -0.2) is 40.4 Å². The Balaban J connectivity index is 1.77. The Morgan fingerprint density at radius 1 is 1.27 bits per heavy atom. The van der Waals surface area contributed by atoms with Gasteiger partial charge in [-0.15, -0.1) is 10.2 Å². The molecule has 7 heteroatoms. The van der Waals surface area contributed by atoms with Crippen molar-refractivity contribution < 1.29 is 9.15 Å². The highest BCUT2D eigenvalue weighted by Crippen LogP contribution is 2.26. The zero-order valence-corrected chi connectivity index (χ0v) is 13.2. The van der Waals surface area contributed by atoms with Crippen molar-refractivity contribution in [1.82, 2.24) is 20.2 Å². The van der Waals surface area contributed by atoms with Gasteiger partial charge in [0.25, 0.3) is 0 Å². The Labute approximate surface area is 129 Å². The van der Waals surface area contributed by atoms with Gasteiger partial charge in [0.15, 0.2) is 0 Å². The van der Waals surface area contributed by atoms with E-state index in [0.717, 1.165) is 43.4 Å². The Hall–Kier alpha value is -2.02. The van der Waals surface area contributed by atoms with E-state index in [2.05, 4.69) is 20.2 Å². The first-order valence-electron chi connectivity index (χ1n) is 7.61. The molecule has 22 heavy (non-hydrogen) atoms. The smallest absolute Gasteiger partial charge is 0.235 e.